The lowest BCUT2D eigenvalue weighted by atomic mass is 10.1. The fourth-order valence-corrected chi connectivity index (χ4v) is 2.68. The van der Waals surface area contributed by atoms with E-state index < -0.39 is 10.9 Å². The zero-order valence-electron chi connectivity index (χ0n) is 15.6. The minimum atomic E-state index is -0.741. The predicted molar refractivity (Wildman–Crippen MR) is 107 cm³/mol. The van der Waals surface area contributed by atoms with Gasteiger partial charge in [-0.15, -0.1) is 0 Å². The van der Waals surface area contributed by atoms with Crippen molar-refractivity contribution in [1.82, 2.24) is 5.32 Å². The normalized spacial score (nSPS) is 10.2. The predicted octanol–water partition coefficient (Wildman–Crippen LogP) is 4.05. The second kappa shape index (κ2) is 8.79. The Morgan fingerprint density at radius 2 is 1.72 bits per heavy atom. The first-order valence-corrected chi connectivity index (χ1v) is 8.83. The number of ether oxygens (including phenoxy) is 1. The average molecular weight is 390 g/mol. The molecule has 0 saturated carbocycles. The number of amides is 1. The Morgan fingerprint density at radius 1 is 0.966 bits per heavy atom. The molecule has 0 aliphatic heterocycles. The molecule has 0 spiro atoms. The Balaban J connectivity index is 1.69. The second-order valence-electron chi connectivity index (χ2n) is 6.34. The Kier molecular flexibility index (Phi) is 5.99. The Bertz CT molecular complexity index is 1060. The molecule has 0 heterocycles. The standard InChI is InChI=1S/C22H18N2O5/c1-15-10-11-18(13-20(15)24(27)28)22(26)29-19-9-5-8-17(12-19)21(25)23-14-16-6-3-2-4-7-16/h2-13H,14H2,1H3,(H,23,25). The van der Waals surface area contributed by atoms with Crippen LogP contribution in [0.4, 0.5) is 5.69 Å². The number of carbonyl (C=O) groups excluding carboxylic acids is 2. The van der Waals surface area contributed by atoms with Crippen molar-refractivity contribution in [2.24, 2.45) is 0 Å². The molecule has 0 saturated heterocycles. The van der Waals surface area contributed by atoms with Crippen molar-refractivity contribution in [3.8, 4) is 5.75 Å². The topological polar surface area (TPSA) is 98.5 Å². The molecule has 0 bridgehead atoms. The van der Waals surface area contributed by atoms with Crippen molar-refractivity contribution in [3.05, 3.63) is 105 Å². The molecular weight excluding hydrogens is 372 g/mol. The number of esters is 1. The van der Waals surface area contributed by atoms with Crippen LogP contribution in [0.5, 0.6) is 5.75 Å². The maximum absolute atomic E-state index is 12.4. The van der Waals surface area contributed by atoms with Crippen molar-refractivity contribution in [1.29, 1.82) is 0 Å². The molecule has 7 heteroatoms. The van der Waals surface area contributed by atoms with Crippen molar-refractivity contribution >= 4 is 17.6 Å². The number of nitro groups is 1. The molecule has 1 N–H and O–H groups in total. The fraction of sp³-hybridized carbons (Fsp3) is 0.0909. The number of nitro benzene ring substituents is 1. The van der Waals surface area contributed by atoms with Gasteiger partial charge in [0.15, 0.2) is 0 Å². The number of hydrogen-bond acceptors (Lipinski definition) is 5. The first-order valence-electron chi connectivity index (χ1n) is 8.83. The van der Waals surface area contributed by atoms with Gasteiger partial charge in [-0.05, 0) is 36.8 Å². The number of rotatable bonds is 6. The van der Waals surface area contributed by atoms with Crippen LogP contribution in [0.25, 0.3) is 0 Å². The second-order valence-corrected chi connectivity index (χ2v) is 6.34. The lowest BCUT2D eigenvalue weighted by Crippen LogP contribution is -2.22. The Labute approximate surface area is 167 Å². The third-order valence-electron chi connectivity index (χ3n) is 4.24. The average Bonchev–Trinajstić information content (AvgIpc) is 2.73. The van der Waals surface area contributed by atoms with Gasteiger partial charge in [-0.2, -0.15) is 0 Å². The van der Waals surface area contributed by atoms with Gasteiger partial charge in [-0.1, -0.05) is 42.5 Å². The van der Waals surface area contributed by atoms with E-state index in [0.29, 0.717) is 17.7 Å². The highest BCUT2D eigenvalue weighted by Crippen LogP contribution is 2.21. The highest BCUT2D eigenvalue weighted by molar-refractivity contribution is 5.95. The molecule has 0 aliphatic rings. The van der Waals surface area contributed by atoms with Crippen LogP contribution in [0.3, 0.4) is 0 Å². The highest BCUT2D eigenvalue weighted by Gasteiger charge is 2.17. The Hall–Kier alpha value is -4.00. The monoisotopic (exact) mass is 390 g/mol. The molecule has 3 aromatic rings. The molecule has 0 aliphatic carbocycles. The van der Waals surface area contributed by atoms with E-state index in [2.05, 4.69) is 5.32 Å². The van der Waals surface area contributed by atoms with E-state index in [1.54, 1.807) is 19.1 Å². The van der Waals surface area contributed by atoms with Crippen molar-refractivity contribution in [3.63, 3.8) is 0 Å². The molecule has 1 amide bonds. The first kappa shape index (κ1) is 19.8. The quantitative estimate of drug-likeness (QED) is 0.296. The number of nitrogens with one attached hydrogen (secondary N) is 1. The first-order chi connectivity index (χ1) is 13.9. The molecule has 146 valence electrons. The summed E-state index contributed by atoms with van der Waals surface area (Å²) in [4.78, 5) is 35.2. The summed E-state index contributed by atoms with van der Waals surface area (Å²) in [6.07, 6.45) is 0. The number of aryl methyl sites for hydroxylation is 1. The lowest BCUT2D eigenvalue weighted by Gasteiger charge is -2.08. The molecule has 3 aromatic carbocycles. The van der Waals surface area contributed by atoms with Gasteiger partial charge in [0.25, 0.3) is 11.6 Å². The lowest BCUT2D eigenvalue weighted by molar-refractivity contribution is -0.385. The summed E-state index contributed by atoms with van der Waals surface area (Å²) in [7, 11) is 0. The van der Waals surface area contributed by atoms with Gasteiger partial charge in [-0.3, -0.25) is 14.9 Å². The molecule has 0 radical (unpaired) electrons. The third-order valence-corrected chi connectivity index (χ3v) is 4.24. The van der Waals surface area contributed by atoms with E-state index in [0.717, 1.165) is 5.56 Å². The molecule has 29 heavy (non-hydrogen) atoms. The van der Waals surface area contributed by atoms with E-state index in [9.17, 15) is 19.7 Å². The maximum Gasteiger partial charge on any atom is 0.343 e. The third kappa shape index (κ3) is 5.04. The summed E-state index contributed by atoms with van der Waals surface area (Å²) in [5.41, 5.74) is 1.64. The summed E-state index contributed by atoms with van der Waals surface area (Å²) < 4.78 is 5.29. The van der Waals surface area contributed by atoms with Gasteiger partial charge in [0.2, 0.25) is 0 Å². The fourth-order valence-electron chi connectivity index (χ4n) is 2.68. The smallest absolute Gasteiger partial charge is 0.343 e. The number of carbonyl (C=O) groups is 2. The van der Waals surface area contributed by atoms with E-state index in [-0.39, 0.29) is 22.9 Å². The van der Waals surface area contributed by atoms with Crippen molar-refractivity contribution < 1.29 is 19.2 Å². The number of nitrogens with zero attached hydrogens (tertiary/aromatic N) is 1. The zero-order valence-corrected chi connectivity index (χ0v) is 15.6. The van der Waals surface area contributed by atoms with Crippen LogP contribution in [0.2, 0.25) is 0 Å². The SMILES string of the molecule is Cc1ccc(C(=O)Oc2cccc(C(=O)NCc3ccccc3)c2)cc1[N+](=O)[O-]. The maximum atomic E-state index is 12.4. The van der Waals surface area contributed by atoms with Gasteiger partial charge in [0.1, 0.15) is 5.75 Å². The summed E-state index contributed by atoms with van der Waals surface area (Å²) in [6, 6.07) is 19.8. The van der Waals surface area contributed by atoms with Crippen LogP contribution in [0.15, 0.2) is 72.8 Å². The number of benzene rings is 3. The van der Waals surface area contributed by atoms with Crippen LogP contribution in [-0.4, -0.2) is 16.8 Å². The summed E-state index contributed by atoms with van der Waals surface area (Å²) in [6.45, 7) is 1.96. The van der Waals surface area contributed by atoms with Gasteiger partial charge in [0.05, 0.1) is 10.5 Å². The summed E-state index contributed by atoms with van der Waals surface area (Å²) in [5, 5.41) is 13.8. The van der Waals surface area contributed by atoms with Crippen molar-refractivity contribution in [2.75, 3.05) is 0 Å². The van der Waals surface area contributed by atoms with E-state index in [1.165, 1.54) is 30.3 Å². The van der Waals surface area contributed by atoms with Crippen LogP contribution in [0.1, 0.15) is 31.8 Å². The molecule has 0 fully saturated rings. The van der Waals surface area contributed by atoms with Crippen LogP contribution >= 0.6 is 0 Å². The van der Waals surface area contributed by atoms with Gasteiger partial charge >= 0.3 is 5.97 Å². The largest absolute Gasteiger partial charge is 0.423 e. The molecular formula is C22H18N2O5. The van der Waals surface area contributed by atoms with Crippen LogP contribution in [0, 0.1) is 17.0 Å². The molecule has 0 aromatic heterocycles. The van der Waals surface area contributed by atoms with Gasteiger partial charge in [0, 0.05) is 23.7 Å². The summed E-state index contributed by atoms with van der Waals surface area (Å²) in [5.74, 6) is -0.877. The Morgan fingerprint density at radius 3 is 2.45 bits per heavy atom. The highest BCUT2D eigenvalue weighted by atomic mass is 16.6. The van der Waals surface area contributed by atoms with Gasteiger partial charge < -0.3 is 10.1 Å². The van der Waals surface area contributed by atoms with E-state index in [4.69, 9.17) is 4.74 Å². The van der Waals surface area contributed by atoms with Crippen LogP contribution < -0.4 is 10.1 Å². The minimum absolute atomic E-state index is 0.0567. The molecule has 0 atom stereocenters. The molecule has 3 rings (SSSR count). The number of hydrogen-bond donors (Lipinski definition) is 1. The van der Waals surface area contributed by atoms with E-state index in [1.807, 2.05) is 30.3 Å². The van der Waals surface area contributed by atoms with E-state index >= 15 is 0 Å². The summed E-state index contributed by atoms with van der Waals surface area (Å²) >= 11 is 0. The minimum Gasteiger partial charge on any atom is -0.423 e. The van der Waals surface area contributed by atoms with Gasteiger partial charge in [-0.25, -0.2) is 4.79 Å². The molecule has 0 unspecified atom stereocenters. The molecule has 7 nitrogen and oxygen atoms in total. The zero-order chi connectivity index (χ0) is 20.8. The van der Waals surface area contributed by atoms with Crippen LogP contribution in [-0.2, 0) is 6.54 Å². The van der Waals surface area contributed by atoms with Crippen molar-refractivity contribution in [2.45, 2.75) is 13.5 Å².